The molecule has 0 unspecified atom stereocenters. The molecule has 2 aromatic carbocycles. The highest BCUT2D eigenvalue weighted by Gasteiger charge is 2.07. The summed E-state index contributed by atoms with van der Waals surface area (Å²) in [5, 5.41) is 8.47. The van der Waals surface area contributed by atoms with E-state index in [1.54, 1.807) is 6.07 Å². The molecule has 0 atom stereocenters. The Labute approximate surface area is 123 Å². The van der Waals surface area contributed by atoms with Gasteiger partial charge in [0.25, 0.3) is 5.91 Å². The van der Waals surface area contributed by atoms with Crippen LogP contribution in [0.5, 0.6) is 0 Å². The predicted molar refractivity (Wildman–Crippen MR) is 77.1 cm³/mol. The van der Waals surface area contributed by atoms with E-state index in [1.807, 2.05) is 30.3 Å². The molecule has 0 aliphatic rings. The Bertz CT molecular complexity index is 756. The van der Waals surface area contributed by atoms with E-state index in [0.29, 0.717) is 11.4 Å². The van der Waals surface area contributed by atoms with Gasteiger partial charge in [0.1, 0.15) is 0 Å². The molecular formula is C14H10BrN3O2. The summed E-state index contributed by atoms with van der Waals surface area (Å²) in [4.78, 5) is 15.9. The van der Waals surface area contributed by atoms with Gasteiger partial charge in [-0.1, -0.05) is 33.2 Å². The first-order chi connectivity index (χ1) is 9.72. The third kappa shape index (κ3) is 2.70. The Balaban J connectivity index is 1.79. The molecule has 6 heteroatoms. The van der Waals surface area contributed by atoms with Gasteiger partial charge in [-0.15, -0.1) is 0 Å². The zero-order valence-electron chi connectivity index (χ0n) is 10.3. The van der Waals surface area contributed by atoms with Crippen LogP contribution in [0.15, 0.2) is 51.8 Å². The van der Waals surface area contributed by atoms with Gasteiger partial charge in [0.05, 0.1) is 6.54 Å². The highest BCUT2D eigenvalue weighted by atomic mass is 79.9. The lowest BCUT2D eigenvalue weighted by Crippen LogP contribution is -2.23. The van der Waals surface area contributed by atoms with Gasteiger partial charge in [-0.3, -0.25) is 4.79 Å². The smallest absolute Gasteiger partial charge is 0.251 e. The number of carbonyl (C=O) groups excluding carboxylic acids is 1. The minimum absolute atomic E-state index is 0.167. The van der Waals surface area contributed by atoms with E-state index in [2.05, 4.69) is 35.9 Å². The second kappa shape index (κ2) is 5.42. The van der Waals surface area contributed by atoms with E-state index in [4.69, 9.17) is 0 Å². The van der Waals surface area contributed by atoms with Gasteiger partial charge in [0, 0.05) is 10.0 Å². The molecule has 0 saturated heterocycles. The average Bonchev–Trinajstić information content (AvgIpc) is 2.97. The molecule has 20 heavy (non-hydrogen) atoms. The predicted octanol–water partition coefficient (Wildman–Crippen LogP) is 2.92. The zero-order valence-corrected chi connectivity index (χ0v) is 11.9. The van der Waals surface area contributed by atoms with Gasteiger partial charge in [-0.2, -0.15) is 4.98 Å². The molecular weight excluding hydrogens is 322 g/mol. The summed E-state index contributed by atoms with van der Waals surface area (Å²) in [6, 6.07) is 11.5. The Hall–Kier alpha value is -2.21. The average molecular weight is 332 g/mol. The Morgan fingerprint density at radius 3 is 2.80 bits per heavy atom. The third-order valence-corrected chi connectivity index (χ3v) is 3.37. The van der Waals surface area contributed by atoms with Crippen LogP contribution in [0.1, 0.15) is 16.2 Å². The molecule has 0 aliphatic heterocycles. The van der Waals surface area contributed by atoms with Gasteiger partial charge >= 0.3 is 0 Å². The van der Waals surface area contributed by atoms with Gasteiger partial charge in [-0.05, 0) is 35.0 Å². The number of halogens is 1. The molecule has 3 aromatic rings. The summed E-state index contributed by atoms with van der Waals surface area (Å²) in [5.74, 6) is 0.280. The summed E-state index contributed by atoms with van der Waals surface area (Å²) < 4.78 is 5.62. The molecule has 1 N–H and O–H groups in total. The second-order valence-corrected chi connectivity index (χ2v) is 5.15. The second-order valence-electron chi connectivity index (χ2n) is 4.24. The van der Waals surface area contributed by atoms with Crippen molar-refractivity contribution in [1.82, 2.24) is 15.5 Å². The normalized spacial score (nSPS) is 10.7. The van der Waals surface area contributed by atoms with Gasteiger partial charge < -0.3 is 9.84 Å². The minimum atomic E-state index is -0.167. The summed E-state index contributed by atoms with van der Waals surface area (Å²) in [7, 11) is 0. The zero-order chi connectivity index (χ0) is 13.9. The van der Waals surface area contributed by atoms with Crippen molar-refractivity contribution < 1.29 is 9.32 Å². The molecule has 100 valence electrons. The first kappa shape index (κ1) is 12.8. The largest absolute Gasteiger partial charge is 0.345 e. The Morgan fingerprint density at radius 1 is 1.20 bits per heavy atom. The number of hydrogen-bond acceptors (Lipinski definition) is 4. The maximum absolute atomic E-state index is 12.0. The van der Waals surface area contributed by atoms with Crippen LogP contribution in [0.3, 0.4) is 0 Å². The van der Waals surface area contributed by atoms with E-state index in [-0.39, 0.29) is 12.5 Å². The quantitative estimate of drug-likeness (QED) is 0.801. The van der Waals surface area contributed by atoms with Gasteiger partial charge in [0.2, 0.25) is 6.39 Å². The number of aromatic nitrogens is 2. The van der Waals surface area contributed by atoms with Gasteiger partial charge in [0.15, 0.2) is 5.82 Å². The highest BCUT2D eigenvalue weighted by Crippen LogP contribution is 2.20. The molecule has 1 heterocycles. The summed E-state index contributed by atoms with van der Waals surface area (Å²) >= 11 is 3.42. The fourth-order valence-electron chi connectivity index (χ4n) is 1.89. The molecule has 0 radical (unpaired) electrons. The molecule has 1 aromatic heterocycles. The molecule has 5 nitrogen and oxygen atoms in total. The van der Waals surface area contributed by atoms with Crippen molar-refractivity contribution in [2.45, 2.75) is 6.54 Å². The van der Waals surface area contributed by atoms with Gasteiger partial charge in [-0.25, -0.2) is 0 Å². The summed E-state index contributed by atoms with van der Waals surface area (Å²) in [5.41, 5.74) is 0.600. The number of benzene rings is 2. The standard InChI is InChI=1S/C14H10BrN3O2/c15-12-4-3-9-5-11(2-1-10(9)6-12)14(19)16-7-13-17-8-20-18-13/h1-6,8H,7H2,(H,16,19). The Kier molecular flexibility index (Phi) is 3.47. The van der Waals surface area contributed by atoms with E-state index < -0.39 is 0 Å². The number of hydrogen-bond donors (Lipinski definition) is 1. The third-order valence-electron chi connectivity index (χ3n) is 2.88. The van der Waals surface area contributed by atoms with Crippen LogP contribution in [0.2, 0.25) is 0 Å². The fourth-order valence-corrected chi connectivity index (χ4v) is 2.27. The van der Waals surface area contributed by atoms with Crippen molar-refractivity contribution in [2.75, 3.05) is 0 Å². The van der Waals surface area contributed by atoms with Crippen molar-refractivity contribution in [2.24, 2.45) is 0 Å². The SMILES string of the molecule is O=C(NCc1ncon1)c1ccc2cc(Br)ccc2c1. The van der Waals surface area contributed by atoms with E-state index in [9.17, 15) is 4.79 Å². The molecule has 0 saturated carbocycles. The van der Waals surface area contributed by atoms with Crippen molar-refractivity contribution in [1.29, 1.82) is 0 Å². The minimum Gasteiger partial charge on any atom is -0.345 e. The first-order valence-electron chi connectivity index (χ1n) is 5.95. The van der Waals surface area contributed by atoms with Crippen LogP contribution in [0.4, 0.5) is 0 Å². The lowest BCUT2D eigenvalue weighted by Gasteiger charge is -2.05. The van der Waals surface area contributed by atoms with Crippen LogP contribution >= 0.6 is 15.9 Å². The first-order valence-corrected chi connectivity index (χ1v) is 6.74. The monoisotopic (exact) mass is 331 g/mol. The van der Waals surface area contributed by atoms with E-state index >= 15 is 0 Å². The Morgan fingerprint density at radius 2 is 2.00 bits per heavy atom. The summed E-state index contributed by atoms with van der Waals surface area (Å²) in [6.07, 6.45) is 1.23. The van der Waals surface area contributed by atoms with E-state index in [0.717, 1.165) is 15.2 Å². The maximum Gasteiger partial charge on any atom is 0.251 e. The van der Waals surface area contributed by atoms with Crippen molar-refractivity contribution in [3.05, 3.63) is 58.7 Å². The molecule has 3 rings (SSSR count). The molecule has 0 bridgehead atoms. The van der Waals surface area contributed by atoms with E-state index in [1.165, 1.54) is 6.39 Å². The number of rotatable bonds is 3. The van der Waals surface area contributed by atoms with Crippen LogP contribution in [0.25, 0.3) is 10.8 Å². The van der Waals surface area contributed by atoms with Crippen LogP contribution < -0.4 is 5.32 Å². The maximum atomic E-state index is 12.0. The van der Waals surface area contributed by atoms with Crippen molar-refractivity contribution in [3.8, 4) is 0 Å². The number of amides is 1. The molecule has 0 aliphatic carbocycles. The summed E-state index contributed by atoms with van der Waals surface area (Å²) in [6.45, 7) is 0.244. The van der Waals surface area contributed by atoms with Crippen LogP contribution in [0, 0.1) is 0 Å². The lowest BCUT2D eigenvalue weighted by atomic mass is 10.1. The number of carbonyl (C=O) groups is 1. The fraction of sp³-hybridized carbons (Fsp3) is 0.0714. The number of nitrogens with one attached hydrogen (secondary N) is 1. The van der Waals surface area contributed by atoms with Crippen molar-refractivity contribution >= 4 is 32.6 Å². The number of nitrogens with zero attached hydrogens (tertiary/aromatic N) is 2. The van der Waals surface area contributed by atoms with Crippen LogP contribution in [-0.4, -0.2) is 16.0 Å². The highest BCUT2D eigenvalue weighted by molar-refractivity contribution is 9.10. The lowest BCUT2D eigenvalue weighted by molar-refractivity contribution is 0.0950. The van der Waals surface area contributed by atoms with Crippen LogP contribution in [-0.2, 0) is 6.54 Å². The van der Waals surface area contributed by atoms with Crippen molar-refractivity contribution in [3.63, 3.8) is 0 Å². The number of fused-ring (bicyclic) bond motifs is 1. The molecule has 1 amide bonds. The molecule has 0 spiro atoms. The topological polar surface area (TPSA) is 68.0 Å². The molecule has 0 fully saturated rings.